The van der Waals surface area contributed by atoms with Gasteiger partial charge < -0.3 is 20.5 Å². The van der Waals surface area contributed by atoms with Crippen molar-refractivity contribution in [1.82, 2.24) is 10.6 Å². The Bertz CT molecular complexity index is 661. The first-order chi connectivity index (χ1) is 12.1. The van der Waals surface area contributed by atoms with E-state index in [1.54, 1.807) is 19.2 Å². The molecule has 5 nitrogen and oxygen atoms in total. The zero-order valence-corrected chi connectivity index (χ0v) is 14.7. The number of benzene rings is 2. The zero-order chi connectivity index (χ0) is 18.1. The Hall–Kier alpha value is -2.53. The molecule has 2 atom stereocenters. The van der Waals surface area contributed by atoms with Crippen LogP contribution in [-0.2, 0) is 6.42 Å². The predicted octanol–water partition coefficient (Wildman–Crippen LogP) is 3.05. The summed E-state index contributed by atoms with van der Waals surface area (Å²) in [6, 6.07) is 17.1. The highest BCUT2D eigenvalue weighted by atomic mass is 16.5. The van der Waals surface area contributed by atoms with Gasteiger partial charge in [0.1, 0.15) is 5.75 Å². The normalized spacial score (nSPS) is 12.9. The summed E-state index contributed by atoms with van der Waals surface area (Å²) in [4.78, 5) is 12.0. The Kier molecular flexibility index (Phi) is 7.29. The van der Waals surface area contributed by atoms with Gasteiger partial charge in [0, 0.05) is 12.6 Å². The lowest BCUT2D eigenvalue weighted by Gasteiger charge is -2.17. The summed E-state index contributed by atoms with van der Waals surface area (Å²) in [5.74, 6) is 0.676. The van der Waals surface area contributed by atoms with Crippen LogP contribution in [0.3, 0.4) is 0 Å². The third-order valence-electron chi connectivity index (χ3n) is 4.02. The minimum absolute atomic E-state index is 0.0502. The predicted molar refractivity (Wildman–Crippen MR) is 98.7 cm³/mol. The Morgan fingerprint density at radius 2 is 1.92 bits per heavy atom. The van der Waals surface area contributed by atoms with Gasteiger partial charge in [-0.1, -0.05) is 42.5 Å². The highest BCUT2D eigenvalue weighted by molar-refractivity contribution is 5.74. The molecule has 0 saturated carbocycles. The van der Waals surface area contributed by atoms with Crippen molar-refractivity contribution in [3.05, 3.63) is 65.7 Å². The van der Waals surface area contributed by atoms with Crippen molar-refractivity contribution < 1.29 is 14.6 Å². The van der Waals surface area contributed by atoms with Crippen LogP contribution in [0.5, 0.6) is 5.75 Å². The molecule has 0 fully saturated rings. The van der Waals surface area contributed by atoms with Crippen molar-refractivity contribution in [1.29, 1.82) is 0 Å². The molecule has 3 N–H and O–H groups in total. The molecule has 2 aromatic rings. The van der Waals surface area contributed by atoms with E-state index in [4.69, 9.17) is 4.74 Å². The number of nitrogens with one attached hydrogen (secondary N) is 2. The summed E-state index contributed by atoms with van der Waals surface area (Å²) in [6.07, 6.45) is 0.991. The van der Waals surface area contributed by atoms with Gasteiger partial charge in [-0.2, -0.15) is 0 Å². The van der Waals surface area contributed by atoms with Crippen LogP contribution in [0, 0.1) is 0 Å². The van der Waals surface area contributed by atoms with Crippen molar-refractivity contribution in [2.75, 3.05) is 13.7 Å². The summed E-state index contributed by atoms with van der Waals surface area (Å²) in [5.41, 5.74) is 1.96. The second kappa shape index (κ2) is 9.69. The second-order valence-corrected chi connectivity index (χ2v) is 6.07. The number of carbonyl (C=O) groups excluding carboxylic acids is 1. The van der Waals surface area contributed by atoms with Gasteiger partial charge in [-0.15, -0.1) is 0 Å². The first-order valence-corrected chi connectivity index (χ1v) is 8.49. The lowest BCUT2D eigenvalue weighted by molar-refractivity contribution is 0.172. The minimum atomic E-state index is -0.777. The number of hydrogen-bond donors (Lipinski definition) is 3. The third-order valence-corrected chi connectivity index (χ3v) is 4.02. The van der Waals surface area contributed by atoms with E-state index in [2.05, 4.69) is 22.8 Å². The van der Waals surface area contributed by atoms with E-state index in [1.807, 2.05) is 37.3 Å². The lowest BCUT2D eigenvalue weighted by Crippen LogP contribution is -2.42. The molecule has 0 saturated heterocycles. The fraction of sp³-hybridized carbons (Fsp3) is 0.350. The van der Waals surface area contributed by atoms with Crippen LogP contribution >= 0.6 is 0 Å². The van der Waals surface area contributed by atoms with Crippen molar-refractivity contribution in [3.63, 3.8) is 0 Å². The van der Waals surface area contributed by atoms with Crippen molar-refractivity contribution in [3.8, 4) is 5.75 Å². The van der Waals surface area contributed by atoms with E-state index in [1.165, 1.54) is 5.56 Å². The summed E-state index contributed by atoms with van der Waals surface area (Å²) in [5, 5.41) is 15.8. The van der Waals surface area contributed by atoms with Crippen LogP contribution in [0.4, 0.5) is 4.79 Å². The molecular formula is C20H26N2O3. The molecule has 2 aromatic carbocycles. The van der Waals surface area contributed by atoms with Gasteiger partial charge in [-0.05, 0) is 43.0 Å². The number of rotatable bonds is 8. The molecule has 2 rings (SSSR count). The number of ether oxygens (including phenoxy) is 1. The molecular weight excluding hydrogens is 316 g/mol. The Labute approximate surface area is 149 Å². The Balaban J connectivity index is 1.72. The molecule has 0 aromatic heterocycles. The van der Waals surface area contributed by atoms with Crippen LogP contribution < -0.4 is 15.4 Å². The van der Waals surface area contributed by atoms with Crippen LogP contribution in [0.25, 0.3) is 0 Å². The van der Waals surface area contributed by atoms with Gasteiger partial charge in [-0.3, -0.25) is 0 Å². The Morgan fingerprint density at radius 3 is 2.64 bits per heavy atom. The SMILES string of the molecule is COc1cccc(C(O)CNC(=O)NC(C)CCc2ccccc2)c1. The number of carbonyl (C=O) groups is 1. The van der Waals surface area contributed by atoms with Crippen molar-refractivity contribution in [2.45, 2.75) is 31.9 Å². The summed E-state index contributed by atoms with van der Waals surface area (Å²) in [6.45, 7) is 2.12. The van der Waals surface area contributed by atoms with Crippen molar-refractivity contribution >= 4 is 6.03 Å². The number of aliphatic hydroxyl groups is 1. The van der Waals surface area contributed by atoms with Crippen molar-refractivity contribution in [2.24, 2.45) is 0 Å². The summed E-state index contributed by atoms with van der Waals surface area (Å²) in [7, 11) is 1.58. The number of aryl methyl sites for hydroxylation is 1. The number of aliphatic hydroxyl groups excluding tert-OH is 1. The van der Waals surface area contributed by atoms with E-state index in [9.17, 15) is 9.90 Å². The van der Waals surface area contributed by atoms with Gasteiger partial charge in [0.25, 0.3) is 0 Å². The first-order valence-electron chi connectivity index (χ1n) is 8.49. The molecule has 25 heavy (non-hydrogen) atoms. The van der Waals surface area contributed by atoms with Crippen LogP contribution in [-0.4, -0.2) is 30.8 Å². The maximum Gasteiger partial charge on any atom is 0.315 e. The third kappa shape index (κ3) is 6.47. The zero-order valence-electron chi connectivity index (χ0n) is 14.7. The van der Waals surface area contributed by atoms with Gasteiger partial charge in [0.05, 0.1) is 13.2 Å². The summed E-state index contributed by atoms with van der Waals surface area (Å²) >= 11 is 0. The fourth-order valence-electron chi connectivity index (χ4n) is 2.53. The smallest absolute Gasteiger partial charge is 0.315 e. The van der Waals surface area contributed by atoms with E-state index < -0.39 is 6.10 Å². The monoisotopic (exact) mass is 342 g/mol. The molecule has 5 heteroatoms. The maximum atomic E-state index is 12.0. The summed E-state index contributed by atoms with van der Waals surface area (Å²) < 4.78 is 5.14. The van der Waals surface area contributed by atoms with Crippen LogP contribution in [0.15, 0.2) is 54.6 Å². The largest absolute Gasteiger partial charge is 0.497 e. The quantitative estimate of drug-likeness (QED) is 0.690. The molecule has 0 spiro atoms. The standard InChI is InChI=1S/C20H26N2O3/c1-15(11-12-16-7-4-3-5-8-16)22-20(24)21-14-19(23)17-9-6-10-18(13-17)25-2/h3-10,13,15,19,23H,11-12,14H2,1-2H3,(H2,21,22,24). The number of urea groups is 1. The topological polar surface area (TPSA) is 70.6 Å². The minimum Gasteiger partial charge on any atom is -0.497 e. The number of methoxy groups -OCH3 is 1. The lowest BCUT2D eigenvalue weighted by atomic mass is 10.1. The first kappa shape index (κ1) is 18.8. The van der Waals surface area contributed by atoms with Gasteiger partial charge >= 0.3 is 6.03 Å². The molecule has 0 radical (unpaired) electrons. The van der Waals surface area contributed by atoms with Gasteiger partial charge in [-0.25, -0.2) is 4.79 Å². The van der Waals surface area contributed by atoms with E-state index in [0.29, 0.717) is 11.3 Å². The van der Waals surface area contributed by atoms with E-state index in [0.717, 1.165) is 12.8 Å². The molecule has 2 amide bonds. The molecule has 0 bridgehead atoms. The average Bonchev–Trinajstić information content (AvgIpc) is 2.65. The van der Waals surface area contributed by atoms with Gasteiger partial charge in [0.15, 0.2) is 0 Å². The molecule has 134 valence electrons. The molecule has 0 aliphatic heterocycles. The Morgan fingerprint density at radius 1 is 1.16 bits per heavy atom. The number of amides is 2. The highest BCUT2D eigenvalue weighted by Crippen LogP contribution is 2.18. The maximum absolute atomic E-state index is 12.0. The highest BCUT2D eigenvalue weighted by Gasteiger charge is 2.12. The second-order valence-electron chi connectivity index (χ2n) is 6.07. The van der Waals surface area contributed by atoms with E-state index >= 15 is 0 Å². The van der Waals surface area contributed by atoms with Gasteiger partial charge in [0.2, 0.25) is 0 Å². The molecule has 0 heterocycles. The molecule has 0 aliphatic carbocycles. The number of hydrogen-bond acceptors (Lipinski definition) is 3. The van der Waals surface area contributed by atoms with E-state index in [-0.39, 0.29) is 18.6 Å². The van der Waals surface area contributed by atoms with Crippen LogP contribution in [0.1, 0.15) is 30.6 Å². The fourth-order valence-corrected chi connectivity index (χ4v) is 2.53. The molecule has 2 unspecified atom stereocenters. The average molecular weight is 342 g/mol. The molecule has 0 aliphatic rings. The van der Waals surface area contributed by atoms with Crippen LogP contribution in [0.2, 0.25) is 0 Å².